The Hall–Kier alpha value is -1.75. The molecule has 5 heteroatoms. The number of piperazine rings is 1. The second-order valence-electron chi connectivity index (χ2n) is 5.79. The van der Waals surface area contributed by atoms with Crippen LogP contribution in [0.1, 0.15) is 17.2 Å². The zero-order valence-corrected chi connectivity index (χ0v) is 14.8. The maximum Gasteiger partial charge on any atom is 0.127 e. The average molecular weight is 347 g/mol. The molecule has 1 saturated heterocycles. The lowest BCUT2D eigenvalue weighted by Crippen LogP contribution is -2.45. The van der Waals surface area contributed by atoms with Gasteiger partial charge in [-0.3, -0.25) is 4.90 Å². The lowest BCUT2D eigenvalue weighted by atomic mass is 9.94. The molecule has 0 bridgehead atoms. The van der Waals surface area contributed by atoms with Crippen molar-refractivity contribution in [2.24, 2.45) is 0 Å². The maximum absolute atomic E-state index is 6.56. The van der Waals surface area contributed by atoms with Gasteiger partial charge in [0, 0.05) is 31.2 Å². The monoisotopic (exact) mass is 346 g/mol. The van der Waals surface area contributed by atoms with Crippen molar-refractivity contribution in [3.63, 3.8) is 0 Å². The van der Waals surface area contributed by atoms with Crippen LogP contribution in [0.25, 0.3) is 0 Å². The van der Waals surface area contributed by atoms with E-state index in [4.69, 9.17) is 21.1 Å². The van der Waals surface area contributed by atoms with Gasteiger partial charge in [0.15, 0.2) is 0 Å². The number of hydrogen-bond acceptors (Lipinski definition) is 4. The molecular formula is C19H23ClN2O2. The number of nitrogens with one attached hydrogen (secondary N) is 1. The first-order valence-corrected chi connectivity index (χ1v) is 8.54. The van der Waals surface area contributed by atoms with E-state index in [2.05, 4.69) is 16.3 Å². The van der Waals surface area contributed by atoms with Crippen molar-refractivity contribution in [2.75, 3.05) is 40.4 Å². The Balaban J connectivity index is 2.17. The highest BCUT2D eigenvalue weighted by molar-refractivity contribution is 6.31. The molecule has 0 spiro atoms. The highest BCUT2D eigenvalue weighted by Crippen LogP contribution is 2.42. The molecule has 0 radical (unpaired) electrons. The lowest BCUT2D eigenvalue weighted by molar-refractivity contribution is 0.192. The summed E-state index contributed by atoms with van der Waals surface area (Å²) < 4.78 is 11.3. The van der Waals surface area contributed by atoms with Gasteiger partial charge in [-0.2, -0.15) is 0 Å². The Morgan fingerprint density at radius 1 is 0.958 bits per heavy atom. The average Bonchev–Trinajstić information content (AvgIpc) is 2.64. The van der Waals surface area contributed by atoms with Crippen LogP contribution >= 0.6 is 11.6 Å². The van der Waals surface area contributed by atoms with Crippen LogP contribution < -0.4 is 14.8 Å². The van der Waals surface area contributed by atoms with Gasteiger partial charge in [0.25, 0.3) is 0 Å². The second kappa shape index (κ2) is 7.88. The number of halogens is 1. The first-order chi connectivity index (χ1) is 11.8. The fraction of sp³-hybridized carbons (Fsp3) is 0.368. The molecule has 3 rings (SSSR count). The zero-order chi connectivity index (χ0) is 16.9. The number of hydrogen-bond donors (Lipinski definition) is 1. The van der Waals surface area contributed by atoms with E-state index in [1.807, 2.05) is 36.4 Å². The summed E-state index contributed by atoms with van der Waals surface area (Å²) in [6.45, 7) is 3.80. The SMILES string of the molecule is COc1cccc(OC)c1C(c1ccccc1Cl)N1CCNCC1. The predicted molar refractivity (Wildman–Crippen MR) is 97.3 cm³/mol. The summed E-state index contributed by atoms with van der Waals surface area (Å²) in [5.74, 6) is 1.63. The molecule has 0 aliphatic carbocycles. The molecule has 1 atom stereocenters. The van der Waals surface area contributed by atoms with E-state index in [1.165, 1.54) is 0 Å². The molecule has 1 heterocycles. The van der Waals surface area contributed by atoms with Gasteiger partial charge in [0.05, 0.1) is 25.8 Å². The van der Waals surface area contributed by atoms with E-state index in [0.29, 0.717) is 0 Å². The Kier molecular flexibility index (Phi) is 5.61. The molecule has 0 saturated carbocycles. The van der Waals surface area contributed by atoms with Gasteiger partial charge < -0.3 is 14.8 Å². The summed E-state index contributed by atoms with van der Waals surface area (Å²) in [7, 11) is 3.39. The van der Waals surface area contributed by atoms with E-state index >= 15 is 0 Å². The topological polar surface area (TPSA) is 33.7 Å². The van der Waals surface area contributed by atoms with Crippen molar-refractivity contribution in [3.05, 3.63) is 58.6 Å². The van der Waals surface area contributed by atoms with E-state index in [1.54, 1.807) is 14.2 Å². The summed E-state index contributed by atoms with van der Waals surface area (Å²) in [5, 5.41) is 4.17. The van der Waals surface area contributed by atoms with Crippen LogP contribution in [0.15, 0.2) is 42.5 Å². The summed E-state index contributed by atoms with van der Waals surface area (Å²) in [5.41, 5.74) is 2.10. The van der Waals surface area contributed by atoms with Gasteiger partial charge in [-0.05, 0) is 23.8 Å². The molecule has 4 nitrogen and oxygen atoms in total. The van der Waals surface area contributed by atoms with Gasteiger partial charge in [0.2, 0.25) is 0 Å². The van der Waals surface area contributed by atoms with Crippen molar-refractivity contribution in [1.82, 2.24) is 10.2 Å². The largest absolute Gasteiger partial charge is 0.496 e. The van der Waals surface area contributed by atoms with Crippen molar-refractivity contribution < 1.29 is 9.47 Å². The molecule has 2 aromatic carbocycles. The normalized spacial score (nSPS) is 16.6. The second-order valence-corrected chi connectivity index (χ2v) is 6.19. The summed E-state index contributed by atoms with van der Waals surface area (Å²) in [4.78, 5) is 2.43. The number of nitrogens with zero attached hydrogens (tertiary/aromatic N) is 1. The Morgan fingerprint density at radius 2 is 1.58 bits per heavy atom. The molecule has 1 fully saturated rings. The van der Waals surface area contributed by atoms with Gasteiger partial charge in [-0.25, -0.2) is 0 Å². The highest BCUT2D eigenvalue weighted by atomic mass is 35.5. The van der Waals surface area contributed by atoms with Crippen LogP contribution in [-0.4, -0.2) is 45.3 Å². The van der Waals surface area contributed by atoms with Crippen LogP contribution in [0, 0.1) is 0 Å². The van der Waals surface area contributed by atoms with Crippen LogP contribution in [0.5, 0.6) is 11.5 Å². The van der Waals surface area contributed by atoms with E-state index < -0.39 is 0 Å². The van der Waals surface area contributed by atoms with Crippen molar-refractivity contribution in [3.8, 4) is 11.5 Å². The van der Waals surface area contributed by atoms with Gasteiger partial charge in [-0.1, -0.05) is 35.9 Å². The zero-order valence-electron chi connectivity index (χ0n) is 14.1. The Bertz CT molecular complexity index is 665. The smallest absolute Gasteiger partial charge is 0.127 e. The van der Waals surface area contributed by atoms with Crippen molar-refractivity contribution in [1.29, 1.82) is 0 Å². The minimum Gasteiger partial charge on any atom is -0.496 e. The van der Waals surface area contributed by atoms with Crippen LogP contribution in [0.4, 0.5) is 0 Å². The minimum atomic E-state index is -0.00750. The molecule has 1 N–H and O–H groups in total. The van der Waals surface area contributed by atoms with E-state index in [-0.39, 0.29) is 6.04 Å². The van der Waals surface area contributed by atoms with Crippen LogP contribution in [0.2, 0.25) is 5.02 Å². The summed E-state index contributed by atoms with van der Waals surface area (Å²) in [6.07, 6.45) is 0. The third-order valence-electron chi connectivity index (χ3n) is 4.46. The van der Waals surface area contributed by atoms with Crippen LogP contribution in [0.3, 0.4) is 0 Å². The number of benzene rings is 2. The van der Waals surface area contributed by atoms with Crippen molar-refractivity contribution in [2.45, 2.75) is 6.04 Å². The summed E-state index contributed by atoms with van der Waals surface area (Å²) >= 11 is 6.56. The quantitative estimate of drug-likeness (QED) is 0.900. The lowest BCUT2D eigenvalue weighted by Gasteiger charge is -2.37. The van der Waals surface area contributed by atoms with Gasteiger partial charge in [-0.15, -0.1) is 0 Å². The first kappa shape index (κ1) is 17.1. The molecule has 0 amide bonds. The molecule has 128 valence electrons. The number of ether oxygens (including phenoxy) is 2. The number of rotatable bonds is 5. The molecule has 1 unspecified atom stereocenters. The fourth-order valence-corrected chi connectivity index (χ4v) is 3.56. The third kappa shape index (κ3) is 3.36. The van der Waals surface area contributed by atoms with Crippen LogP contribution in [-0.2, 0) is 0 Å². The summed E-state index contributed by atoms with van der Waals surface area (Å²) in [6, 6.07) is 13.9. The fourth-order valence-electron chi connectivity index (χ4n) is 3.32. The highest BCUT2D eigenvalue weighted by Gasteiger charge is 2.30. The predicted octanol–water partition coefficient (Wildman–Crippen LogP) is 3.35. The first-order valence-electron chi connectivity index (χ1n) is 8.16. The molecule has 1 aliphatic heterocycles. The number of methoxy groups -OCH3 is 2. The van der Waals surface area contributed by atoms with Crippen molar-refractivity contribution >= 4 is 11.6 Å². The Labute approximate surface area is 148 Å². The molecule has 0 aromatic heterocycles. The molecular weight excluding hydrogens is 324 g/mol. The molecule has 24 heavy (non-hydrogen) atoms. The van der Waals surface area contributed by atoms with E-state index in [0.717, 1.165) is 53.8 Å². The molecule has 1 aliphatic rings. The minimum absolute atomic E-state index is 0.00750. The van der Waals surface area contributed by atoms with E-state index in [9.17, 15) is 0 Å². The van der Waals surface area contributed by atoms with Gasteiger partial charge >= 0.3 is 0 Å². The standard InChI is InChI=1S/C19H23ClN2O2/c1-23-16-8-5-9-17(24-2)18(16)19(22-12-10-21-11-13-22)14-6-3-4-7-15(14)20/h3-9,19,21H,10-13H2,1-2H3. The third-order valence-corrected chi connectivity index (χ3v) is 4.80. The van der Waals surface area contributed by atoms with Gasteiger partial charge in [0.1, 0.15) is 11.5 Å². The molecule has 2 aromatic rings. The maximum atomic E-state index is 6.56. The Morgan fingerprint density at radius 3 is 2.17 bits per heavy atom.